The molecule has 2 aromatic carbocycles. The molecule has 0 heterocycles. The van der Waals surface area contributed by atoms with Crippen molar-refractivity contribution in [3.8, 4) is 0 Å². The average molecular weight is 282 g/mol. The van der Waals surface area contributed by atoms with Gasteiger partial charge in [0.25, 0.3) is 0 Å². The Hall–Kier alpha value is -1.38. The summed E-state index contributed by atoms with van der Waals surface area (Å²) in [7, 11) is 2.21. The molecule has 3 rings (SSSR count). The molecule has 2 heteroatoms. The molecule has 2 N–H and O–H groups in total. The van der Waals surface area contributed by atoms with Crippen molar-refractivity contribution in [2.24, 2.45) is 11.7 Å². The fourth-order valence-electron chi connectivity index (χ4n) is 3.72. The fraction of sp³-hybridized carbons (Fsp3) is 0.474. The minimum atomic E-state index is 0.0857. The quantitative estimate of drug-likeness (QED) is 0.899. The predicted molar refractivity (Wildman–Crippen MR) is 90.3 cm³/mol. The maximum atomic E-state index is 6.49. The second-order valence-corrected chi connectivity index (χ2v) is 6.55. The van der Waals surface area contributed by atoms with E-state index in [9.17, 15) is 0 Å². The van der Waals surface area contributed by atoms with Gasteiger partial charge in [0, 0.05) is 19.1 Å². The average Bonchev–Trinajstić information content (AvgIpc) is 2.99. The summed E-state index contributed by atoms with van der Waals surface area (Å²) in [6.45, 7) is 2.13. The van der Waals surface area contributed by atoms with E-state index in [0.717, 1.165) is 12.5 Å². The lowest BCUT2D eigenvalue weighted by Gasteiger charge is -2.25. The summed E-state index contributed by atoms with van der Waals surface area (Å²) in [5.41, 5.74) is 7.76. The topological polar surface area (TPSA) is 29.3 Å². The van der Waals surface area contributed by atoms with Gasteiger partial charge in [0.15, 0.2) is 0 Å². The number of fused-ring (bicyclic) bond motifs is 1. The molecule has 0 aromatic heterocycles. The summed E-state index contributed by atoms with van der Waals surface area (Å²) in [4.78, 5) is 2.42. The first-order valence-corrected chi connectivity index (χ1v) is 8.16. The van der Waals surface area contributed by atoms with Crippen molar-refractivity contribution in [2.45, 2.75) is 31.7 Å². The molecule has 2 aromatic rings. The molecule has 1 fully saturated rings. The molecular formula is C19H26N2. The number of rotatable bonds is 5. The number of nitrogens with zero attached hydrogens (tertiary/aromatic N) is 1. The van der Waals surface area contributed by atoms with E-state index in [4.69, 9.17) is 5.73 Å². The SMILES string of the molecule is CN(CC1CCCC1)CC(N)c1cccc2ccccc12. The highest BCUT2D eigenvalue weighted by Crippen LogP contribution is 2.27. The van der Waals surface area contributed by atoms with E-state index < -0.39 is 0 Å². The Morgan fingerprint density at radius 3 is 2.62 bits per heavy atom. The molecule has 0 spiro atoms. The Bertz CT molecular complexity index is 582. The van der Waals surface area contributed by atoms with Crippen LogP contribution in [-0.2, 0) is 0 Å². The lowest BCUT2D eigenvalue weighted by Crippen LogP contribution is -2.32. The molecule has 112 valence electrons. The Kier molecular flexibility index (Phi) is 4.57. The van der Waals surface area contributed by atoms with Crippen LogP contribution in [0.3, 0.4) is 0 Å². The van der Waals surface area contributed by atoms with Crippen LogP contribution in [0, 0.1) is 5.92 Å². The molecule has 1 unspecified atom stereocenters. The van der Waals surface area contributed by atoms with E-state index >= 15 is 0 Å². The van der Waals surface area contributed by atoms with Crippen LogP contribution < -0.4 is 5.73 Å². The van der Waals surface area contributed by atoms with Crippen LogP contribution in [0.1, 0.15) is 37.3 Å². The summed E-state index contributed by atoms with van der Waals surface area (Å²) < 4.78 is 0. The van der Waals surface area contributed by atoms with Crippen molar-refractivity contribution in [1.82, 2.24) is 4.90 Å². The number of benzene rings is 2. The fourth-order valence-corrected chi connectivity index (χ4v) is 3.72. The van der Waals surface area contributed by atoms with Crippen molar-refractivity contribution < 1.29 is 0 Å². The van der Waals surface area contributed by atoms with Gasteiger partial charge in [-0.2, -0.15) is 0 Å². The van der Waals surface area contributed by atoms with Gasteiger partial charge < -0.3 is 10.6 Å². The third-order valence-corrected chi connectivity index (χ3v) is 4.78. The Morgan fingerprint density at radius 1 is 1.10 bits per heavy atom. The molecule has 0 radical (unpaired) electrons. The molecule has 0 saturated heterocycles. The minimum Gasteiger partial charge on any atom is -0.323 e. The first-order valence-electron chi connectivity index (χ1n) is 8.16. The summed E-state index contributed by atoms with van der Waals surface area (Å²) in [6, 6.07) is 15.1. The Labute approximate surface area is 127 Å². The van der Waals surface area contributed by atoms with Crippen LogP contribution in [-0.4, -0.2) is 25.0 Å². The molecule has 1 aliphatic rings. The van der Waals surface area contributed by atoms with Crippen LogP contribution in [0.15, 0.2) is 42.5 Å². The van der Waals surface area contributed by atoms with Crippen molar-refractivity contribution in [1.29, 1.82) is 0 Å². The molecule has 0 bridgehead atoms. The largest absolute Gasteiger partial charge is 0.323 e. The zero-order valence-corrected chi connectivity index (χ0v) is 13.0. The van der Waals surface area contributed by atoms with Crippen molar-refractivity contribution in [3.05, 3.63) is 48.0 Å². The molecule has 1 aliphatic carbocycles. The minimum absolute atomic E-state index is 0.0857. The lowest BCUT2D eigenvalue weighted by molar-refractivity contribution is 0.264. The highest BCUT2D eigenvalue weighted by atomic mass is 15.1. The zero-order chi connectivity index (χ0) is 14.7. The molecular weight excluding hydrogens is 256 g/mol. The van der Waals surface area contributed by atoms with E-state index in [1.54, 1.807) is 0 Å². The number of hydrogen-bond acceptors (Lipinski definition) is 2. The zero-order valence-electron chi connectivity index (χ0n) is 13.0. The van der Waals surface area contributed by atoms with Crippen LogP contribution in [0.5, 0.6) is 0 Å². The molecule has 1 saturated carbocycles. The van der Waals surface area contributed by atoms with Gasteiger partial charge in [-0.15, -0.1) is 0 Å². The van der Waals surface area contributed by atoms with Gasteiger partial charge in [0.2, 0.25) is 0 Å². The van der Waals surface area contributed by atoms with Gasteiger partial charge in [0.05, 0.1) is 0 Å². The van der Waals surface area contributed by atoms with E-state index in [0.29, 0.717) is 0 Å². The normalized spacial score (nSPS) is 17.7. The van der Waals surface area contributed by atoms with E-state index in [-0.39, 0.29) is 6.04 Å². The monoisotopic (exact) mass is 282 g/mol. The van der Waals surface area contributed by atoms with Gasteiger partial charge in [-0.25, -0.2) is 0 Å². The summed E-state index contributed by atoms with van der Waals surface area (Å²) in [6.07, 6.45) is 5.61. The second-order valence-electron chi connectivity index (χ2n) is 6.55. The summed E-state index contributed by atoms with van der Waals surface area (Å²) >= 11 is 0. The molecule has 2 nitrogen and oxygen atoms in total. The van der Waals surface area contributed by atoms with Crippen molar-refractivity contribution in [3.63, 3.8) is 0 Å². The predicted octanol–water partition coefficient (Wildman–Crippen LogP) is 3.96. The lowest BCUT2D eigenvalue weighted by atomic mass is 9.98. The Balaban J connectivity index is 1.70. The second kappa shape index (κ2) is 6.59. The molecule has 0 aliphatic heterocycles. The summed E-state index contributed by atoms with van der Waals surface area (Å²) in [5, 5.41) is 2.57. The van der Waals surface area contributed by atoms with Gasteiger partial charge in [-0.05, 0) is 42.1 Å². The van der Waals surface area contributed by atoms with Crippen LogP contribution >= 0.6 is 0 Å². The van der Waals surface area contributed by atoms with Gasteiger partial charge in [-0.3, -0.25) is 0 Å². The standard InChI is InChI=1S/C19H26N2/c1-21(13-15-7-2-3-8-15)14-19(20)18-12-6-10-16-9-4-5-11-17(16)18/h4-6,9-12,15,19H,2-3,7-8,13-14,20H2,1H3. The van der Waals surface area contributed by atoms with Crippen LogP contribution in [0.4, 0.5) is 0 Å². The number of nitrogens with two attached hydrogens (primary N) is 1. The van der Waals surface area contributed by atoms with Crippen molar-refractivity contribution >= 4 is 10.8 Å². The molecule has 21 heavy (non-hydrogen) atoms. The third-order valence-electron chi connectivity index (χ3n) is 4.78. The van der Waals surface area contributed by atoms with Crippen LogP contribution in [0.25, 0.3) is 10.8 Å². The van der Waals surface area contributed by atoms with E-state index in [1.165, 1.54) is 48.6 Å². The molecule has 0 amide bonds. The first kappa shape index (κ1) is 14.6. The highest BCUT2D eigenvalue weighted by Gasteiger charge is 2.18. The van der Waals surface area contributed by atoms with Crippen molar-refractivity contribution in [2.75, 3.05) is 20.1 Å². The maximum absolute atomic E-state index is 6.49. The number of likely N-dealkylation sites (N-methyl/N-ethyl adjacent to an activating group) is 1. The third kappa shape index (κ3) is 3.45. The van der Waals surface area contributed by atoms with Gasteiger partial charge in [0.1, 0.15) is 0 Å². The Morgan fingerprint density at radius 2 is 1.81 bits per heavy atom. The summed E-state index contributed by atoms with van der Waals surface area (Å²) in [5.74, 6) is 0.884. The van der Waals surface area contributed by atoms with E-state index in [2.05, 4.69) is 54.4 Å². The smallest absolute Gasteiger partial charge is 0.0430 e. The van der Waals surface area contributed by atoms with Crippen LogP contribution in [0.2, 0.25) is 0 Å². The molecule has 1 atom stereocenters. The highest BCUT2D eigenvalue weighted by molar-refractivity contribution is 5.86. The van der Waals surface area contributed by atoms with E-state index in [1.807, 2.05) is 0 Å². The van der Waals surface area contributed by atoms with Gasteiger partial charge >= 0.3 is 0 Å². The maximum Gasteiger partial charge on any atom is 0.0430 e. The first-order chi connectivity index (χ1) is 10.2. The van der Waals surface area contributed by atoms with Gasteiger partial charge in [-0.1, -0.05) is 55.3 Å². The number of hydrogen-bond donors (Lipinski definition) is 1.